The highest BCUT2D eigenvalue weighted by Crippen LogP contribution is 2.20. The smallest absolute Gasteiger partial charge is 0.318 e. The molecular formula is C15H30N4O2. The van der Waals surface area contributed by atoms with Gasteiger partial charge in [-0.15, -0.1) is 5.10 Å². The normalized spacial score (nSPS) is 11.6. The molecule has 0 spiro atoms. The molecule has 0 amide bonds. The van der Waals surface area contributed by atoms with E-state index in [9.17, 15) is 0 Å². The Kier molecular flexibility index (Phi) is 8.30. The van der Waals surface area contributed by atoms with E-state index in [4.69, 9.17) is 9.15 Å². The van der Waals surface area contributed by atoms with E-state index >= 15 is 0 Å². The van der Waals surface area contributed by atoms with Crippen LogP contribution in [0, 0.1) is 5.92 Å². The van der Waals surface area contributed by atoms with Crippen molar-refractivity contribution < 1.29 is 9.15 Å². The summed E-state index contributed by atoms with van der Waals surface area (Å²) in [5.41, 5.74) is 0. The van der Waals surface area contributed by atoms with Crippen molar-refractivity contribution in [3.05, 3.63) is 5.89 Å². The molecule has 0 aliphatic heterocycles. The minimum absolute atomic E-state index is 0.446. The molecule has 0 atom stereocenters. The lowest BCUT2D eigenvalue weighted by molar-refractivity contribution is 0.198. The van der Waals surface area contributed by atoms with Crippen LogP contribution in [0.1, 0.15) is 46.4 Å². The van der Waals surface area contributed by atoms with Crippen LogP contribution in [0.2, 0.25) is 0 Å². The molecule has 1 rings (SSSR count). The number of anilines is 1. The Labute approximate surface area is 128 Å². The van der Waals surface area contributed by atoms with Crippen LogP contribution in [0.25, 0.3) is 0 Å². The van der Waals surface area contributed by atoms with Crippen molar-refractivity contribution in [1.82, 2.24) is 15.5 Å². The van der Waals surface area contributed by atoms with Crippen molar-refractivity contribution in [2.24, 2.45) is 5.92 Å². The maximum Gasteiger partial charge on any atom is 0.318 e. The molecule has 122 valence electrons. The van der Waals surface area contributed by atoms with Crippen molar-refractivity contribution in [3.63, 3.8) is 0 Å². The van der Waals surface area contributed by atoms with Gasteiger partial charge in [-0.2, -0.15) is 0 Å². The van der Waals surface area contributed by atoms with Gasteiger partial charge in [-0.05, 0) is 18.8 Å². The Balaban J connectivity index is 2.67. The first-order valence-electron chi connectivity index (χ1n) is 7.90. The molecule has 0 unspecified atom stereocenters. The van der Waals surface area contributed by atoms with Gasteiger partial charge in [0, 0.05) is 26.2 Å². The molecule has 1 heterocycles. The van der Waals surface area contributed by atoms with Gasteiger partial charge in [0.25, 0.3) is 0 Å². The molecule has 6 heteroatoms. The van der Waals surface area contributed by atoms with Crippen molar-refractivity contribution >= 4 is 6.01 Å². The number of nitrogens with zero attached hydrogens (tertiary/aromatic N) is 3. The second-order valence-corrected chi connectivity index (χ2v) is 5.66. The van der Waals surface area contributed by atoms with Gasteiger partial charge in [0.1, 0.15) is 0 Å². The summed E-state index contributed by atoms with van der Waals surface area (Å²) in [7, 11) is 1.69. The van der Waals surface area contributed by atoms with Crippen LogP contribution in [0.3, 0.4) is 0 Å². The summed E-state index contributed by atoms with van der Waals surface area (Å²) >= 11 is 0. The van der Waals surface area contributed by atoms with E-state index < -0.39 is 0 Å². The second kappa shape index (κ2) is 9.73. The average Bonchev–Trinajstić information content (AvgIpc) is 2.92. The highest BCUT2D eigenvalue weighted by molar-refractivity contribution is 5.26. The second-order valence-electron chi connectivity index (χ2n) is 5.66. The van der Waals surface area contributed by atoms with E-state index in [2.05, 4.69) is 48.1 Å². The van der Waals surface area contributed by atoms with E-state index in [0.717, 1.165) is 25.9 Å². The molecular weight excluding hydrogens is 268 g/mol. The molecule has 6 nitrogen and oxygen atoms in total. The van der Waals surface area contributed by atoms with Crippen molar-refractivity contribution in [3.8, 4) is 0 Å². The van der Waals surface area contributed by atoms with Gasteiger partial charge in [0.2, 0.25) is 5.89 Å². The number of methoxy groups -OCH3 is 1. The fourth-order valence-electron chi connectivity index (χ4n) is 2.31. The topological polar surface area (TPSA) is 63.4 Å². The van der Waals surface area contributed by atoms with Gasteiger partial charge >= 0.3 is 6.01 Å². The summed E-state index contributed by atoms with van der Waals surface area (Å²) in [4.78, 5) is 2.25. The number of hydrogen-bond donors (Lipinski definition) is 1. The minimum atomic E-state index is 0.446. The maximum absolute atomic E-state index is 5.81. The van der Waals surface area contributed by atoms with Gasteiger partial charge in [-0.25, -0.2) is 0 Å². The largest absolute Gasteiger partial charge is 0.407 e. The first-order valence-corrected chi connectivity index (χ1v) is 7.90. The molecule has 0 saturated heterocycles. The first kappa shape index (κ1) is 17.9. The van der Waals surface area contributed by atoms with E-state index in [0.29, 0.717) is 37.0 Å². The van der Waals surface area contributed by atoms with E-state index in [1.807, 2.05) is 0 Å². The standard InChI is InChI=1S/C15H30N4O2/c1-6-13(7-2)19(11-12(3)4)15-18-17-14(21-15)10-16-8-9-20-5/h12-13,16H,6-11H2,1-5H3. The van der Waals surface area contributed by atoms with E-state index in [1.165, 1.54) is 0 Å². The molecule has 1 N–H and O–H groups in total. The Hall–Kier alpha value is -1.14. The molecule has 0 radical (unpaired) electrons. The Bertz CT molecular complexity index is 378. The summed E-state index contributed by atoms with van der Waals surface area (Å²) < 4.78 is 10.8. The number of aromatic nitrogens is 2. The van der Waals surface area contributed by atoms with Gasteiger partial charge in [0.15, 0.2) is 0 Å². The summed E-state index contributed by atoms with van der Waals surface area (Å²) in [5, 5.41) is 11.6. The molecule has 0 aliphatic carbocycles. The van der Waals surface area contributed by atoms with Crippen LogP contribution in [0.4, 0.5) is 6.01 Å². The van der Waals surface area contributed by atoms with Gasteiger partial charge in [-0.3, -0.25) is 0 Å². The Morgan fingerprint density at radius 1 is 1.24 bits per heavy atom. The van der Waals surface area contributed by atoms with Crippen LogP contribution >= 0.6 is 0 Å². The SMILES string of the molecule is CCC(CC)N(CC(C)C)c1nnc(CNCCOC)o1. The van der Waals surface area contributed by atoms with Crippen LogP contribution in [-0.2, 0) is 11.3 Å². The lowest BCUT2D eigenvalue weighted by atomic mass is 10.1. The van der Waals surface area contributed by atoms with Gasteiger partial charge in [-0.1, -0.05) is 32.8 Å². The lowest BCUT2D eigenvalue weighted by Gasteiger charge is -2.30. The van der Waals surface area contributed by atoms with Crippen LogP contribution in [0.15, 0.2) is 4.42 Å². The molecule has 0 aliphatic rings. The molecule has 0 fully saturated rings. The van der Waals surface area contributed by atoms with Crippen LogP contribution in [0.5, 0.6) is 0 Å². The average molecular weight is 298 g/mol. The minimum Gasteiger partial charge on any atom is -0.407 e. The number of nitrogens with one attached hydrogen (secondary N) is 1. The summed E-state index contributed by atoms with van der Waals surface area (Å²) in [6.45, 7) is 11.8. The molecule has 1 aromatic heterocycles. The van der Waals surface area contributed by atoms with Crippen molar-refractivity contribution in [2.75, 3.05) is 31.7 Å². The van der Waals surface area contributed by atoms with E-state index in [-0.39, 0.29) is 0 Å². The fourth-order valence-corrected chi connectivity index (χ4v) is 2.31. The third-order valence-corrected chi connectivity index (χ3v) is 3.41. The van der Waals surface area contributed by atoms with E-state index in [1.54, 1.807) is 7.11 Å². The van der Waals surface area contributed by atoms with Crippen molar-refractivity contribution in [2.45, 2.75) is 53.1 Å². The Morgan fingerprint density at radius 2 is 1.95 bits per heavy atom. The van der Waals surface area contributed by atoms with Crippen LogP contribution in [-0.4, -0.2) is 43.0 Å². The Morgan fingerprint density at radius 3 is 2.52 bits per heavy atom. The maximum atomic E-state index is 5.81. The fraction of sp³-hybridized carbons (Fsp3) is 0.867. The number of ether oxygens (including phenoxy) is 1. The molecule has 21 heavy (non-hydrogen) atoms. The lowest BCUT2D eigenvalue weighted by Crippen LogP contribution is -2.37. The predicted octanol–water partition coefficient (Wildman–Crippen LogP) is 2.46. The van der Waals surface area contributed by atoms with Crippen molar-refractivity contribution in [1.29, 1.82) is 0 Å². The monoisotopic (exact) mass is 298 g/mol. The highest BCUT2D eigenvalue weighted by Gasteiger charge is 2.22. The summed E-state index contributed by atoms with van der Waals surface area (Å²) in [6, 6.07) is 1.09. The summed E-state index contributed by atoms with van der Waals surface area (Å²) in [5.74, 6) is 1.18. The first-order chi connectivity index (χ1) is 10.1. The molecule has 0 aromatic carbocycles. The number of rotatable bonds is 11. The van der Waals surface area contributed by atoms with Gasteiger partial charge < -0.3 is 19.4 Å². The zero-order valence-electron chi connectivity index (χ0n) is 14.1. The zero-order chi connectivity index (χ0) is 15.7. The summed E-state index contributed by atoms with van der Waals surface area (Å²) in [6.07, 6.45) is 2.15. The van der Waals surface area contributed by atoms with Crippen LogP contribution < -0.4 is 10.2 Å². The van der Waals surface area contributed by atoms with Gasteiger partial charge in [0.05, 0.1) is 13.2 Å². The molecule has 0 saturated carbocycles. The molecule has 0 bridgehead atoms. The highest BCUT2D eigenvalue weighted by atomic mass is 16.5. The predicted molar refractivity (Wildman–Crippen MR) is 84.4 cm³/mol. The third-order valence-electron chi connectivity index (χ3n) is 3.41. The number of hydrogen-bond acceptors (Lipinski definition) is 6. The quantitative estimate of drug-likeness (QED) is 0.633. The molecule has 1 aromatic rings. The zero-order valence-corrected chi connectivity index (χ0v) is 14.1. The third kappa shape index (κ3) is 6.01.